The van der Waals surface area contributed by atoms with Crippen LogP contribution >= 0.6 is 0 Å². The standard InChI is InChI=1S/C40H27N4O/c1-3-11-26(12-4-1)38-42-39(27-13-5-2-6-14-27)44-40(43-38)33-21-31(29-18-17-25-10-7-8-15-28(25)20-29)23-36-37(33)32-24-34-30(16-9-19-41-34)22-35(32)45-36/h1-18,20-24,38H,19H2,(H,42,43,44)/q-1. The molecular formula is C40H27N4O-. The van der Waals surface area contributed by atoms with Gasteiger partial charge < -0.3 is 15.1 Å². The van der Waals surface area contributed by atoms with Gasteiger partial charge >= 0.3 is 0 Å². The van der Waals surface area contributed by atoms with Crippen LogP contribution in [-0.2, 0) is 0 Å². The summed E-state index contributed by atoms with van der Waals surface area (Å²) in [6.07, 6.45) is 3.89. The summed E-state index contributed by atoms with van der Waals surface area (Å²) in [5.74, 6) is 1.44. The van der Waals surface area contributed by atoms with Crippen molar-refractivity contribution >= 4 is 56.1 Å². The van der Waals surface area contributed by atoms with Crippen molar-refractivity contribution in [3.05, 3.63) is 161 Å². The van der Waals surface area contributed by atoms with Crippen LogP contribution in [0.25, 0.3) is 55.2 Å². The summed E-state index contributed by atoms with van der Waals surface area (Å²) in [5.41, 5.74) is 8.81. The van der Waals surface area contributed by atoms with E-state index in [-0.39, 0.29) is 6.17 Å². The van der Waals surface area contributed by atoms with E-state index in [0.717, 1.165) is 66.8 Å². The van der Waals surface area contributed by atoms with Crippen LogP contribution in [0.5, 0.6) is 0 Å². The van der Waals surface area contributed by atoms with Crippen LogP contribution in [0.15, 0.2) is 148 Å². The molecule has 0 spiro atoms. The molecule has 1 aromatic heterocycles. The highest BCUT2D eigenvalue weighted by Crippen LogP contribution is 2.41. The lowest BCUT2D eigenvalue weighted by Crippen LogP contribution is -2.33. The Morgan fingerprint density at radius 3 is 2.36 bits per heavy atom. The zero-order chi connectivity index (χ0) is 29.7. The lowest BCUT2D eigenvalue weighted by atomic mass is 9.95. The topological polar surface area (TPSA) is 64.0 Å². The predicted molar refractivity (Wildman–Crippen MR) is 185 cm³/mol. The molecule has 0 aliphatic carbocycles. The van der Waals surface area contributed by atoms with Crippen LogP contribution in [-0.4, -0.2) is 18.2 Å². The van der Waals surface area contributed by atoms with Gasteiger partial charge in [0.05, 0.1) is 0 Å². The molecule has 5 heteroatoms. The first-order valence-electron chi connectivity index (χ1n) is 15.2. The smallest absolute Gasteiger partial charge is 0.160 e. The maximum atomic E-state index is 6.63. The third kappa shape index (κ3) is 4.48. The van der Waals surface area contributed by atoms with E-state index in [0.29, 0.717) is 12.4 Å². The summed E-state index contributed by atoms with van der Waals surface area (Å²) in [7, 11) is 0. The Morgan fingerprint density at radius 2 is 1.49 bits per heavy atom. The van der Waals surface area contributed by atoms with Gasteiger partial charge in [-0.2, -0.15) is 0 Å². The van der Waals surface area contributed by atoms with E-state index in [2.05, 4.69) is 108 Å². The molecule has 0 amide bonds. The first-order chi connectivity index (χ1) is 22.3. The minimum absolute atomic E-state index is 0.306. The summed E-state index contributed by atoms with van der Waals surface area (Å²) >= 11 is 0. The van der Waals surface area contributed by atoms with Crippen LogP contribution in [0.4, 0.5) is 5.69 Å². The maximum Gasteiger partial charge on any atom is 0.160 e. The second kappa shape index (κ2) is 10.4. The molecule has 1 N–H and O–H groups in total. The molecule has 45 heavy (non-hydrogen) atoms. The Hall–Kier alpha value is -5.94. The molecule has 0 bridgehead atoms. The highest BCUT2D eigenvalue weighted by molar-refractivity contribution is 6.23. The molecule has 9 rings (SSSR count). The number of benzene rings is 6. The first kappa shape index (κ1) is 25.5. The molecule has 7 aromatic rings. The van der Waals surface area contributed by atoms with Crippen molar-refractivity contribution in [1.29, 1.82) is 0 Å². The summed E-state index contributed by atoms with van der Waals surface area (Å²) in [6.45, 7) is 0.676. The molecule has 214 valence electrons. The van der Waals surface area contributed by atoms with Gasteiger partial charge in [0, 0.05) is 21.9 Å². The zero-order valence-electron chi connectivity index (χ0n) is 24.3. The molecule has 1 unspecified atom stereocenters. The number of amidine groups is 2. The van der Waals surface area contributed by atoms with Crippen molar-refractivity contribution < 1.29 is 4.42 Å². The molecule has 1 atom stereocenters. The number of furan rings is 1. The monoisotopic (exact) mass is 579 g/mol. The summed E-state index contributed by atoms with van der Waals surface area (Å²) in [4.78, 5) is 10.4. The fourth-order valence-electron chi connectivity index (χ4n) is 6.39. The number of fused-ring (bicyclic) bond motifs is 5. The quantitative estimate of drug-likeness (QED) is 0.226. The second-order valence-electron chi connectivity index (χ2n) is 11.4. The number of hydrogen-bond donors (Lipinski definition) is 1. The highest BCUT2D eigenvalue weighted by atomic mass is 16.3. The molecule has 0 fully saturated rings. The summed E-state index contributed by atoms with van der Waals surface area (Å²) in [5, 5.41) is 12.8. The second-order valence-corrected chi connectivity index (χ2v) is 11.4. The minimum Gasteiger partial charge on any atom is -0.681 e. The van der Waals surface area contributed by atoms with Gasteiger partial charge in [-0.15, -0.1) is 18.3 Å². The summed E-state index contributed by atoms with van der Waals surface area (Å²) in [6, 6.07) is 44.2. The fraction of sp³-hybridized carbons (Fsp3) is 0.0500. The van der Waals surface area contributed by atoms with E-state index in [1.807, 2.05) is 36.4 Å². The molecule has 0 radical (unpaired) electrons. The lowest BCUT2D eigenvalue weighted by molar-refractivity contribution is 0.668. The third-order valence-electron chi connectivity index (χ3n) is 8.61. The third-order valence-corrected chi connectivity index (χ3v) is 8.61. The number of rotatable bonds is 4. The van der Waals surface area contributed by atoms with Crippen molar-refractivity contribution in [3.8, 4) is 11.1 Å². The highest BCUT2D eigenvalue weighted by Gasteiger charge is 2.24. The molecule has 2 aliphatic rings. The van der Waals surface area contributed by atoms with E-state index < -0.39 is 0 Å². The molecule has 3 heterocycles. The SMILES string of the molecule is C1=Cc2cc3oc4cc(-c5ccc6ccccc6c5)cc(C5=NC(c6ccccc6)NC(c6ccccc6)=N5)c4c3cc2[N-]C1. The molecule has 0 saturated heterocycles. The zero-order valence-corrected chi connectivity index (χ0v) is 24.3. The molecule has 2 aliphatic heterocycles. The normalized spacial score (nSPS) is 15.8. The van der Waals surface area contributed by atoms with Gasteiger partial charge in [0.15, 0.2) is 5.84 Å². The van der Waals surface area contributed by atoms with Gasteiger partial charge in [0.2, 0.25) is 0 Å². The van der Waals surface area contributed by atoms with Gasteiger partial charge in [-0.3, -0.25) is 0 Å². The van der Waals surface area contributed by atoms with Crippen molar-refractivity contribution in [2.24, 2.45) is 9.98 Å². The number of nitrogens with zero attached hydrogens (tertiary/aromatic N) is 3. The van der Waals surface area contributed by atoms with Crippen molar-refractivity contribution in [3.63, 3.8) is 0 Å². The molecule has 5 nitrogen and oxygen atoms in total. The Kier molecular flexibility index (Phi) is 5.88. The van der Waals surface area contributed by atoms with E-state index in [4.69, 9.17) is 19.7 Å². The fourth-order valence-corrected chi connectivity index (χ4v) is 6.39. The summed E-state index contributed by atoms with van der Waals surface area (Å²) < 4.78 is 6.63. The van der Waals surface area contributed by atoms with Gasteiger partial charge in [0.1, 0.15) is 23.2 Å². The average molecular weight is 580 g/mol. The van der Waals surface area contributed by atoms with E-state index in [1.165, 1.54) is 10.8 Å². The Balaban J connectivity index is 1.32. The van der Waals surface area contributed by atoms with Crippen LogP contribution in [0.1, 0.15) is 28.4 Å². The van der Waals surface area contributed by atoms with Crippen molar-refractivity contribution in [1.82, 2.24) is 5.32 Å². The molecule has 0 saturated carbocycles. The van der Waals surface area contributed by atoms with Gasteiger partial charge in [-0.1, -0.05) is 109 Å². The van der Waals surface area contributed by atoms with Gasteiger partial charge in [-0.05, 0) is 57.3 Å². The van der Waals surface area contributed by atoms with Gasteiger partial charge in [0.25, 0.3) is 0 Å². The predicted octanol–water partition coefficient (Wildman–Crippen LogP) is 9.93. The average Bonchev–Trinajstić information content (AvgIpc) is 3.47. The van der Waals surface area contributed by atoms with Gasteiger partial charge in [-0.25, -0.2) is 9.98 Å². The van der Waals surface area contributed by atoms with Crippen LogP contribution in [0.3, 0.4) is 0 Å². The van der Waals surface area contributed by atoms with Crippen LogP contribution < -0.4 is 5.32 Å². The van der Waals surface area contributed by atoms with E-state index in [1.54, 1.807) is 0 Å². The first-order valence-corrected chi connectivity index (χ1v) is 15.2. The maximum absolute atomic E-state index is 6.63. The largest absolute Gasteiger partial charge is 0.681 e. The number of hydrogen-bond acceptors (Lipinski definition) is 4. The number of aliphatic imine (C=N–C) groups is 2. The Morgan fingerprint density at radius 1 is 0.689 bits per heavy atom. The Bertz CT molecular complexity index is 2350. The van der Waals surface area contributed by atoms with Crippen molar-refractivity contribution in [2.45, 2.75) is 6.17 Å². The Labute approximate surface area is 260 Å². The van der Waals surface area contributed by atoms with E-state index >= 15 is 0 Å². The van der Waals surface area contributed by atoms with Crippen LogP contribution in [0, 0.1) is 0 Å². The van der Waals surface area contributed by atoms with Crippen LogP contribution in [0.2, 0.25) is 0 Å². The van der Waals surface area contributed by atoms with E-state index in [9.17, 15) is 0 Å². The van der Waals surface area contributed by atoms with Crippen molar-refractivity contribution in [2.75, 3.05) is 6.54 Å². The molecule has 6 aromatic carbocycles. The lowest BCUT2D eigenvalue weighted by Gasteiger charge is -2.26. The number of nitrogens with one attached hydrogen (secondary N) is 1. The molecular weight excluding hydrogens is 552 g/mol. The minimum atomic E-state index is -0.306.